The van der Waals surface area contributed by atoms with Crippen LogP contribution in [0.1, 0.15) is 12.0 Å². The van der Waals surface area contributed by atoms with Gasteiger partial charge in [0, 0.05) is 40.2 Å². The van der Waals surface area contributed by atoms with Crippen molar-refractivity contribution in [1.82, 2.24) is 9.80 Å². The lowest BCUT2D eigenvalue weighted by Gasteiger charge is -2.39. The van der Waals surface area contributed by atoms with Gasteiger partial charge in [0.2, 0.25) is 0 Å². The van der Waals surface area contributed by atoms with Crippen molar-refractivity contribution in [1.29, 1.82) is 0 Å². The van der Waals surface area contributed by atoms with E-state index in [2.05, 4.69) is 24.3 Å². The summed E-state index contributed by atoms with van der Waals surface area (Å²) in [6, 6.07) is 10.5. The van der Waals surface area contributed by atoms with E-state index in [1.54, 1.807) is 26.1 Å². The van der Waals surface area contributed by atoms with E-state index in [1.165, 1.54) is 5.56 Å². The van der Waals surface area contributed by atoms with Crippen molar-refractivity contribution >= 4 is 6.03 Å². The maximum atomic E-state index is 12.1. The summed E-state index contributed by atoms with van der Waals surface area (Å²) in [5.41, 5.74) is 1.30. The molecule has 0 aromatic heterocycles. The molecule has 0 bridgehead atoms. The van der Waals surface area contributed by atoms with Gasteiger partial charge in [-0.25, -0.2) is 4.79 Å². The molecular formula is C16H24N2O2. The van der Waals surface area contributed by atoms with Gasteiger partial charge < -0.3 is 14.5 Å². The summed E-state index contributed by atoms with van der Waals surface area (Å²) in [4.78, 5) is 15.7. The highest BCUT2D eigenvalue weighted by Crippen LogP contribution is 2.24. The van der Waals surface area contributed by atoms with Gasteiger partial charge in [-0.1, -0.05) is 30.3 Å². The Morgan fingerprint density at radius 1 is 1.35 bits per heavy atom. The Balaban J connectivity index is 2.05. The van der Waals surface area contributed by atoms with Crippen LogP contribution in [-0.2, 0) is 11.2 Å². The van der Waals surface area contributed by atoms with Crippen LogP contribution in [0.25, 0.3) is 0 Å². The largest absolute Gasteiger partial charge is 0.381 e. The van der Waals surface area contributed by atoms with Crippen LogP contribution in [0.15, 0.2) is 30.3 Å². The zero-order chi connectivity index (χ0) is 14.5. The van der Waals surface area contributed by atoms with Gasteiger partial charge >= 0.3 is 6.03 Å². The highest BCUT2D eigenvalue weighted by atomic mass is 16.5. The zero-order valence-corrected chi connectivity index (χ0v) is 12.6. The van der Waals surface area contributed by atoms with Crippen LogP contribution in [0, 0.1) is 5.92 Å². The summed E-state index contributed by atoms with van der Waals surface area (Å²) in [5, 5.41) is 0. The van der Waals surface area contributed by atoms with Gasteiger partial charge in [0.15, 0.2) is 0 Å². The van der Waals surface area contributed by atoms with Gasteiger partial charge in [0.25, 0.3) is 0 Å². The molecule has 4 heteroatoms. The number of piperidine rings is 1. The van der Waals surface area contributed by atoms with Crippen LogP contribution in [-0.4, -0.2) is 56.2 Å². The van der Waals surface area contributed by atoms with Gasteiger partial charge in [-0.3, -0.25) is 0 Å². The minimum atomic E-state index is 0.0950. The molecule has 0 radical (unpaired) electrons. The molecule has 0 N–H and O–H groups in total. The fourth-order valence-corrected chi connectivity index (χ4v) is 2.89. The lowest BCUT2D eigenvalue weighted by molar-refractivity contribution is 0.00136. The number of methoxy groups -OCH3 is 1. The molecule has 1 saturated heterocycles. The Labute approximate surface area is 121 Å². The third-order valence-electron chi connectivity index (χ3n) is 3.96. The summed E-state index contributed by atoms with van der Waals surface area (Å²) in [6.07, 6.45) is 2.10. The maximum Gasteiger partial charge on any atom is 0.319 e. The predicted molar refractivity (Wildman–Crippen MR) is 79.7 cm³/mol. The summed E-state index contributed by atoms with van der Waals surface area (Å²) in [5.74, 6) is 0.361. The number of likely N-dealkylation sites (tertiary alicyclic amines) is 1. The molecule has 0 spiro atoms. The monoisotopic (exact) mass is 276 g/mol. The van der Waals surface area contributed by atoms with E-state index in [-0.39, 0.29) is 12.1 Å². The Morgan fingerprint density at radius 3 is 2.65 bits per heavy atom. The number of amides is 2. The van der Waals surface area contributed by atoms with E-state index >= 15 is 0 Å². The van der Waals surface area contributed by atoms with E-state index in [0.29, 0.717) is 5.92 Å². The maximum absolute atomic E-state index is 12.1. The van der Waals surface area contributed by atoms with Gasteiger partial charge in [0.1, 0.15) is 0 Å². The van der Waals surface area contributed by atoms with Crippen LogP contribution in [0.4, 0.5) is 4.79 Å². The zero-order valence-electron chi connectivity index (χ0n) is 12.6. The number of benzene rings is 1. The van der Waals surface area contributed by atoms with Crippen LogP contribution >= 0.6 is 0 Å². The number of urea groups is 1. The topological polar surface area (TPSA) is 32.8 Å². The third-order valence-corrected chi connectivity index (χ3v) is 3.96. The standard InChI is InChI=1S/C16H24N2O2/c1-17(2)16(19)18-10-9-15(20-3)14(12-18)11-13-7-5-4-6-8-13/h4-8,14-15H,9-12H2,1-3H3/t14-,15-/m0/s1. The van der Waals surface area contributed by atoms with Gasteiger partial charge in [-0.15, -0.1) is 0 Å². The van der Waals surface area contributed by atoms with E-state index in [4.69, 9.17) is 4.74 Å². The van der Waals surface area contributed by atoms with Crippen molar-refractivity contribution in [2.75, 3.05) is 34.3 Å². The number of hydrogen-bond donors (Lipinski definition) is 0. The number of nitrogens with zero attached hydrogens (tertiary/aromatic N) is 2. The molecule has 0 unspecified atom stereocenters. The Kier molecular flexibility index (Phi) is 5.01. The average molecular weight is 276 g/mol. The molecule has 110 valence electrons. The molecule has 1 aliphatic heterocycles. The fraction of sp³-hybridized carbons (Fsp3) is 0.562. The smallest absolute Gasteiger partial charge is 0.319 e. The minimum absolute atomic E-state index is 0.0950. The lowest BCUT2D eigenvalue weighted by atomic mass is 9.88. The molecule has 4 nitrogen and oxygen atoms in total. The van der Waals surface area contributed by atoms with Gasteiger partial charge in [0.05, 0.1) is 6.10 Å². The molecule has 2 atom stereocenters. The normalized spacial score (nSPS) is 22.6. The SMILES string of the molecule is CO[C@H]1CCN(C(=O)N(C)C)C[C@@H]1Cc1ccccc1. The van der Waals surface area contributed by atoms with Gasteiger partial charge in [-0.05, 0) is 18.4 Å². The summed E-state index contributed by atoms with van der Waals surface area (Å²) >= 11 is 0. The number of carbonyl (C=O) groups excluding carboxylic acids is 1. The molecule has 20 heavy (non-hydrogen) atoms. The molecule has 1 fully saturated rings. The summed E-state index contributed by atoms with van der Waals surface area (Å²) in [7, 11) is 5.37. The Hall–Kier alpha value is -1.55. The van der Waals surface area contributed by atoms with Gasteiger partial charge in [-0.2, -0.15) is 0 Å². The number of carbonyl (C=O) groups is 1. The molecular weight excluding hydrogens is 252 g/mol. The molecule has 1 aromatic carbocycles. The quantitative estimate of drug-likeness (QED) is 0.848. The lowest BCUT2D eigenvalue weighted by Crippen LogP contribution is -2.50. The first kappa shape index (κ1) is 14.9. The van der Waals surface area contributed by atoms with Crippen molar-refractivity contribution in [3.8, 4) is 0 Å². The molecule has 2 amide bonds. The highest BCUT2D eigenvalue weighted by molar-refractivity contribution is 5.73. The average Bonchev–Trinajstić information content (AvgIpc) is 2.47. The number of rotatable bonds is 3. The minimum Gasteiger partial charge on any atom is -0.381 e. The molecule has 1 aliphatic rings. The highest BCUT2D eigenvalue weighted by Gasteiger charge is 2.32. The van der Waals surface area contributed by atoms with Crippen molar-refractivity contribution < 1.29 is 9.53 Å². The predicted octanol–water partition coefficient (Wildman–Crippen LogP) is 2.25. The van der Waals surface area contributed by atoms with Crippen LogP contribution in [0.3, 0.4) is 0 Å². The van der Waals surface area contributed by atoms with E-state index in [9.17, 15) is 4.79 Å². The second-order valence-corrected chi connectivity index (χ2v) is 5.64. The van der Waals surface area contributed by atoms with E-state index < -0.39 is 0 Å². The van der Waals surface area contributed by atoms with E-state index in [0.717, 1.165) is 25.9 Å². The van der Waals surface area contributed by atoms with Crippen molar-refractivity contribution in [3.63, 3.8) is 0 Å². The first-order valence-corrected chi connectivity index (χ1v) is 7.14. The summed E-state index contributed by atoms with van der Waals surface area (Å²) < 4.78 is 5.61. The van der Waals surface area contributed by atoms with Crippen LogP contribution in [0.5, 0.6) is 0 Å². The Bertz CT molecular complexity index is 433. The Morgan fingerprint density at radius 2 is 2.05 bits per heavy atom. The first-order valence-electron chi connectivity index (χ1n) is 7.14. The molecule has 0 aliphatic carbocycles. The second kappa shape index (κ2) is 6.75. The van der Waals surface area contributed by atoms with Crippen molar-refractivity contribution in [2.24, 2.45) is 5.92 Å². The first-order chi connectivity index (χ1) is 9.61. The van der Waals surface area contributed by atoms with Crippen molar-refractivity contribution in [3.05, 3.63) is 35.9 Å². The molecule has 1 heterocycles. The summed E-state index contributed by atoms with van der Waals surface area (Å²) in [6.45, 7) is 1.55. The van der Waals surface area contributed by atoms with Crippen molar-refractivity contribution in [2.45, 2.75) is 18.9 Å². The molecule has 2 rings (SSSR count). The fourth-order valence-electron chi connectivity index (χ4n) is 2.89. The van der Waals surface area contributed by atoms with Crippen LogP contribution in [0.2, 0.25) is 0 Å². The third kappa shape index (κ3) is 3.51. The second-order valence-electron chi connectivity index (χ2n) is 5.64. The van der Waals surface area contributed by atoms with E-state index in [1.807, 2.05) is 11.0 Å². The van der Waals surface area contributed by atoms with Crippen LogP contribution < -0.4 is 0 Å². The number of ether oxygens (including phenoxy) is 1. The molecule has 1 aromatic rings. The number of hydrogen-bond acceptors (Lipinski definition) is 2. The molecule has 0 saturated carbocycles.